The van der Waals surface area contributed by atoms with Crippen LogP contribution in [0.3, 0.4) is 0 Å². The lowest BCUT2D eigenvalue weighted by Gasteiger charge is -2.11. The monoisotopic (exact) mass is 323 g/mol. The average Bonchev–Trinajstić information content (AvgIpc) is 3.23. The van der Waals surface area contributed by atoms with Crippen molar-refractivity contribution in [1.29, 1.82) is 0 Å². The van der Waals surface area contributed by atoms with Crippen molar-refractivity contribution < 1.29 is 9.53 Å². The molecule has 1 saturated carbocycles. The molecule has 1 amide bonds. The van der Waals surface area contributed by atoms with E-state index in [1.165, 1.54) is 5.56 Å². The highest BCUT2D eigenvalue weighted by molar-refractivity contribution is 5.92. The van der Waals surface area contributed by atoms with Gasteiger partial charge in [0.1, 0.15) is 11.6 Å². The maximum atomic E-state index is 12.3. The molecule has 5 heteroatoms. The van der Waals surface area contributed by atoms with Crippen molar-refractivity contribution in [2.45, 2.75) is 31.7 Å². The number of nitrogens with one attached hydrogen (secondary N) is 1. The molecule has 3 N–H and O–H groups in total. The van der Waals surface area contributed by atoms with Gasteiger partial charge in [0.05, 0.1) is 12.3 Å². The van der Waals surface area contributed by atoms with Gasteiger partial charge in [-0.1, -0.05) is 6.07 Å². The molecule has 2 atom stereocenters. The van der Waals surface area contributed by atoms with Gasteiger partial charge in [0.25, 0.3) is 0 Å². The Bertz CT molecular complexity index is 775. The molecule has 1 fully saturated rings. The Labute approximate surface area is 141 Å². The van der Waals surface area contributed by atoms with Gasteiger partial charge in [0, 0.05) is 23.9 Å². The number of amides is 1. The molecule has 1 aromatic carbocycles. The molecule has 4 rings (SSSR count). The van der Waals surface area contributed by atoms with Crippen LogP contribution in [-0.2, 0) is 11.2 Å². The number of nitrogens with two attached hydrogens (primary N) is 1. The van der Waals surface area contributed by atoms with Crippen molar-refractivity contribution in [2.75, 3.05) is 11.9 Å². The first-order chi connectivity index (χ1) is 11.7. The molecule has 1 aliphatic heterocycles. The quantitative estimate of drug-likeness (QED) is 0.910. The van der Waals surface area contributed by atoms with Crippen molar-refractivity contribution in [1.82, 2.24) is 4.98 Å². The molecule has 0 saturated heterocycles. The Hall–Kier alpha value is -2.40. The van der Waals surface area contributed by atoms with Gasteiger partial charge in [-0.15, -0.1) is 0 Å². The standard InChI is InChI=1S/C19H21N3O2/c20-15-6-4-14(11-15)19(23)22-18-3-1-2-16(21-18)12-5-7-17-13(10-12)8-9-24-17/h1-3,5,7,10,14-15H,4,6,8-9,11,20H2,(H,21,22,23). The van der Waals surface area contributed by atoms with Gasteiger partial charge >= 0.3 is 0 Å². The van der Waals surface area contributed by atoms with Crippen molar-refractivity contribution in [3.63, 3.8) is 0 Å². The number of hydrogen-bond acceptors (Lipinski definition) is 4. The number of ether oxygens (including phenoxy) is 1. The first-order valence-electron chi connectivity index (χ1n) is 8.48. The van der Waals surface area contributed by atoms with Crippen LogP contribution in [0.2, 0.25) is 0 Å². The summed E-state index contributed by atoms with van der Waals surface area (Å²) < 4.78 is 5.54. The normalized spacial score (nSPS) is 22.0. The number of anilines is 1. The predicted molar refractivity (Wildman–Crippen MR) is 92.8 cm³/mol. The Balaban J connectivity index is 1.52. The van der Waals surface area contributed by atoms with Crippen molar-refractivity contribution in [3.05, 3.63) is 42.0 Å². The zero-order chi connectivity index (χ0) is 16.5. The highest BCUT2D eigenvalue weighted by atomic mass is 16.5. The van der Waals surface area contributed by atoms with Gasteiger partial charge in [0.2, 0.25) is 5.91 Å². The van der Waals surface area contributed by atoms with Crippen molar-refractivity contribution in [2.24, 2.45) is 11.7 Å². The van der Waals surface area contributed by atoms with E-state index in [4.69, 9.17) is 10.5 Å². The number of rotatable bonds is 3. The zero-order valence-electron chi connectivity index (χ0n) is 13.5. The Morgan fingerprint density at radius 2 is 2.17 bits per heavy atom. The Kier molecular flexibility index (Phi) is 3.94. The minimum atomic E-state index is 0.00241. The molecule has 124 valence electrons. The van der Waals surface area contributed by atoms with E-state index in [2.05, 4.69) is 16.4 Å². The Morgan fingerprint density at radius 3 is 3.00 bits per heavy atom. The van der Waals surface area contributed by atoms with Gasteiger partial charge in [-0.25, -0.2) is 4.98 Å². The second-order valence-electron chi connectivity index (χ2n) is 6.59. The van der Waals surface area contributed by atoms with E-state index in [0.717, 1.165) is 49.3 Å². The van der Waals surface area contributed by atoms with Crippen LogP contribution >= 0.6 is 0 Å². The predicted octanol–water partition coefficient (Wildman–Crippen LogP) is 2.75. The number of benzene rings is 1. The summed E-state index contributed by atoms with van der Waals surface area (Å²) in [5.41, 5.74) is 9.00. The fourth-order valence-corrected chi connectivity index (χ4v) is 3.49. The number of pyridine rings is 1. The molecule has 1 aromatic heterocycles. The van der Waals surface area contributed by atoms with Gasteiger partial charge in [-0.2, -0.15) is 0 Å². The van der Waals surface area contributed by atoms with Gasteiger partial charge in [0.15, 0.2) is 0 Å². The van der Waals surface area contributed by atoms with Crippen LogP contribution in [0.15, 0.2) is 36.4 Å². The van der Waals surface area contributed by atoms with Crippen LogP contribution in [-0.4, -0.2) is 23.5 Å². The number of aromatic nitrogens is 1. The SMILES string of the molecule is NC1CCC(C(=O)Nc2cccc(-c3ccc4c(c3)CCO4)n2)C1. The third-order valence-electron chi connectivity index (χ3n) is 4.83. The molecule has 24 heavy (non-hydrogen) atoms. The van der Waals surface area contributed by atoms with Crippen molar-refractivity contribution in [3.8, 4) is 17.0 Å². The minimum absolute atomic E-state index is 0.00241. The number of nitrogens with zero attached hydrogens (tertiary/aromatic N) is 1. The summed E-state index contributed by atoms with van der Waals surface area (Å²) in [6, 6.07) is 12.0. The van der Waals surface area contributed by atoms with Crippen LogP contribution in [0.4, 0.5) is 5.82 Å². The van der Waals surface area contributed by atoms with E-state index in [1.54, 1.807) is 0 Å². The van der Waals surface area contributed by atoms with Crippen molar-refractivity contribution >= 4 is 11.7 Å². The van der Waals surface area contributed by atoms with Gasteiger partial charge < -0.3 is 15.8 Å². The molecular formula is C19H21N3O2. The van der Waals surface area contributed by atoms with Crippen LogP contribution < -0.4 is 15.8 Å². The molecule has 0 spiro atoms. The highest BCUT2D eigenvalue weighted by Gasteiger charge is 2.27. The fourth-order valence-electron chi connectivity index (χ4n) is 3.49. The second kappa shape index (κ2) is 6.24. The summed E-state index contributed by atoms with van der Waals surface area (Å²) in [6.45, 7) is 0.742. The average molecular weight is 323 g/mol. The summed E-state index contributed by atoms with van der Waals surface area (Å²) >= 11 is 0. The lowest BCUT2D eigenvalue weighted by Crippen LogP contribution is -2.23. The maximum absolute atomic E-state index is 12.3. The molecule has 5 nitrogen and oxygen atoms in total. The molecule has 2 aromatic rings. The van der Waals surface area contributed by atoms with Gasteiger partial charge in [-0.3, -0.25) is 4.79 Å². The van der Waals surface area contributed by atoms with Crippen LogP contribution in [0.1, 0.15) is 24.8 Å². The number of hydrogen-bond donors (Lipinski definition) is 2. The first-order valence-corrected chi connectivity index (χ1v) is 8.48. The maximum Gasteiger partial charge on any atom is 0.228 e. The fraction of sp³-hybridized carbons (Fsp3) is 0.368. The van der Waals surface area contributed by atoms with E-state index in [9.17, 15) is 4.79 Å². The molecule has 1 aliphatic carbocycles. The molecule has 0 bridgehead atoms. The lowest BCUT2D eigenvalue weighted by atomic mass is 10.1. The largest absolute Gasteiger partial charge is 0.493 e. The third-order valence-corrected chi connectivity index (χ3v) is 4.83. The van der Waals surface area contributed by atoms with E-state index in [-0.39, 0.29) is 17.9 Å². The smallest absolute Gasteiger partial charge is 0.228 e. The van der Waals surface area contributed by atoms with Crippen LogP contribution in [0.25, 0.3) is 11.3 Å². The summed E-state index contributed by atoms with van der Waals surface area (Å²) in [7, 11) is 0. The molecule has 0 radical (unpaired) electrons. The molecule has 2 heterocycles. The summed E-state index contributed by atoms with van der Waals surface area (Å²) in [5.74, 6) is 1.58. The Morgan fingerprint density at radius 1 is 1.25 bits per heavy atom. The van der Waals surface area contributed by atoms with Crippen LogP contribution in [0, 0.1) is 5.92 Å². The number of fused-ring (bicyclic) bond motifs is 1. The van der Waals surface area contributed by atoms with E-state index < -0.39 is 0 Å². The third kappa shape index (κ3) is 2.99. The minimum Gasteiger partial charge on any atom is -0.493 e. The van der Waals surface area contributed by atoms with E-state index in [0.29, 0.717) is 5.82 Å². The second-order valence-corrected chi connectivity index (χ2v) is 6.59. The molecule has 2 aliphatic rings. The number of carbonyl (C=O) groups is 1. The lowest BCUT2D eigenvalue weighted by molar-refractivity contribution is -0.119. The van der Waals surface area contributed by atoms with E-state index in [1.807, 2.05) is 30.3 Å². The molecule has 2 unspecified atom stereocenters. The summed E-state index contributed by atoms with van der Waals surface area (Å²) in [6.07, 6.45) is 3.47. The number of carbonyl (C=O) groups excluding carboxylic acids is 1. The zero-order valence-corrected chi connectivity index (χ0v) is 13.5. The van der Waals surface area contributed by atoms with Gasteiger partial charge in [-0.05, 0) is 55.2 Å². The molecular weight excluding hydrogens is 302 g/mol. The van der Waals surface area contributed by atoms with E-state index >= 15 is 0 Å². The summed E-state index contributed by atoms with van der Waals surface area (Å²) in [5, 5.41) is 2.94. The first kappa shape index (κ1) is 15.1. The topological polar surface area (TPSA) is 77.2 Å². The summed E-state index contributed by atoms with van der Waals surface area (Å²) in [4.78, 5) is 16.9. The van der Waals surface area contributed by atoms with Crippen LogP contribution in [0.5, 0.6) is 5.75 Å². The highest BCUT2D eigenvalue weighted by Crippen LogP contribution is 2.30.